The van der Waals surface area contributed by atoms with Gasteiger partial charge < -0.3 is 4.57 Å². The first kappa shape index (κ1) is 13.6. The molecule has 0 bridgehead atoms. The Balaban J connectivity index is 2.41. The van der Waals surface area contributed by atoms with Gasteiger partial charge >= 0.3 is 0 Å². The molecule has 21 heavy (non-hydrogen) atoms. The summed E-state index contributed by atoms with van der Waals surface area (Å²) >= 11 is 0. The van der Waals surface area contributed by atoms with Gasteiger partial charge in [-0.15, -0.1) is 0 Å². The molecule has 0 fully saturated rings. The summed E-state index contributed by atoms with van der Waals surface area (Å²) < 4.78 is 15.1. The molecule has 0 atom stereocenters. The van der Waals surface area contributed by atoms with Crippen molar-refractivity contribution in [2.24, 2.45) is 0 Å². The zero-order chi connectivity index (χ0) is 15.0. The van der Waals surface area contributed by atoms with Gasteiger partial charge in [-0.25, -0.2) is 4.39 Å². The molecule has 0 amide bonds. The fourth-order valence-corrected chi connectivity index (χ4v) is 2.88. The number of aldehydes is 1. The van der Waals surface area contributed by atoms with Gasteiger partial charge in [-0.05, 0) is 41.8 Å². The second-order valence-electron chi connectivity index (χ2n) is 5.40. The quantitative estimate of drug-likeness (QED) is 0.637. The Kier molecular flexibility index (Phi) is 3.34. The summed E-state index contributed by atoms with van der Waals surface area (Å²) in [5.41, 5.74) is 3.43. The maximum Gasteiger partial charge on any atom is 0.167 e. The summed E-state index contributed by atoms with van der Waals surface area (Å²) in [5.74, 6) is -0.0521. The van der Waals surface area contributed by atoms with Crippen LogP contribution >= 0.6 is 0 Å². The van der Waals surface area contributed by atoms with E-state index in [9.17, 15) is 9.18 Å². The van der Waals surface area contributed by atoms with Crippen LogP contribution in [0.1, 0.15) is 35.8 Å². The fraction of sp³-hybridized carbons (Fsp3) is 0.167. The van der Waals surface area contributed by atoms with Crippen molar-refractivity contribution >= 4 is 17.2 Å². The zero-order valence-corrected chi connectivity index (χ0v) is 12.0. The van der Waals surface area contributed by atoms with E-state index in [1.54, 1.807) is 12.1 Å². The van der Waals surface area contributed by atoms with Crippen LogP contribution in [0, 0.1) is 5.82 Å². The first-order valence-electron chi connectivity index (χ1n) is 6.98. The van der Waals surface area contributed by atoms with Crippen LogP contribution in [0.15, 0.2) is 48.5 Å². The topological polar surface area (TPSA) is 22.0 Å². The largest absolute Gasteiger partial charge is 0.307 e. The Hall–Kier alpha value is -2.42. The van der Waals surface area contributed by atoms with Gasteiger partial charge in [0, 0.05) is 11.1 Å². The maximum absolute atomic E-state index is 13.2. The van der Waals surface area contributed by atoms with E-state index in [0.717, 1.165) is 28.4 Å². The Morgan fingerprint density at radius 2 is 1.71 bits per heavy atom. The van der Waals surface area contributed by atoms with E-state index in [-0.39, 0.29) is 11.7 Å². The summed E-state index contributed by atoms with van der Waals surface area (Å²) in [6, 6.07) is 14.1. The van der Waals surface area contributed by atoms with Crippen molar-refractivity contribution in [1.82, 2.24) is 4.57 Å². The molecule has 0 spiro atoms. The van der Waals surface area contributed by atoms with Crippen molar-refractivity contribution in [3.63, 3.8) is 0 Å². The molecule has 0 aliphatic rings. The van der Waals surface area contributed by atoms with Crippen molar-refractivity contribution in [2.75, 3.05) is 0 Å². The average molecular weight is 281 g/mol. The predicted molar refractivity (Wildman–Crippen MR) is 82.7 cm³/mol. The molecule has 3 heteroatoms. The molecular formula is C18H16FNO. The molecule has 2 aromatic carbocycles. The molecule has 0 aliphatic heterocycles. The molecule has 3 aromatic rings. The van der Waals surface area contributed by atoms with E-state index < -0.39 is 0 Å². The van der Waals surface area contributed by atoms with Crippen LogP contribution in [-0.2, 0) is 0 Å². The van der Waals surface area contributed by atoms with Crippen molar-refractivity contribution in [3.8, 4) is 5.69 Å². The molecule has 0 aliphatic carbocycles. The number of rotatable bonds is 3. The zero-order valence-electron chi connectivity index (χ0n) is 12.0. The van der Waals surface area contributed by atoms with E-state index in [0.29, 0.717) is 5.69 Å². The highest BCUT2D eigenvalue weighted by Crippen LogP contribution is 2.33. The second-order valence-corrected chi connectivity index (χ2v) is 5.40. The predicted octanol–water partition coefficient (Wildman–Crippen LogP) is 4.71. The lowest BCUT2D eigenvalue weighted by Gasteiger charge is -2.09. The van der Waals surface area contributed by atoms with Crippen LogP contribution in [0.2, 0.25) is 0 Å². The van der Waals surface area contributed by atoms with Crippen LogP contribution in [0.5, 0.6) is 0 Å². The number of hydrogen-bond donors (Lipinski definition) is 0. The number of fused-ring (bicyclic) bond motifs is 1. The van der Waals surface area contributed by atoms with Gasteiger partial charge in [0.25, 0.3) is 0 Å². The highest BCUT2D eigenvalue weighted by Gasteiger charge is 2.19. The van der Waals surface area contributed by atoms with Crippen LogP contribution in [-0.4, -0.2) is 10.9 Å². The molecule has 0 unspecified atom stereocenters. The average Bonchev–Trinajstić information content (AvgIpc) is 2.82. The minimum Gasteiger partial charge on any atom is -0.307 e. The summed E-state index contributed by atoms with van der Waals surface area (Å²) in [6.07, 6.45) is 0.888. The number of benzene rings is 2. The molecule has 0 saturated heterocycles. The third-order valence-electron chi connectivity index (χ3n) is 3.73. The van der Waals surface area contributed by atoms with E-state index >= 15 is 0 Å². The van der Waals surface area contributed by atoms with Gasteiger partial charge in [0.05, 0.1) is 11.2 Å². The van der Waals surface area contributed by atoms with Crippen LogP contribution < -0.4 is 0 Å². The minimum absolute atomic E-state index is 0.233. The number of halogens is 1. The molecule has 0 N–H and O–H groups in total. The van der Waals surface area contributed by atoms with Gasteiger partial charge in [0.1, 0.15) is 5.82 Å². The van der Waals surface area contributed by atoms with E-state index in [4.69, 9.17) is 0 Å². The van der Waals surface area contributed by atoms with Gasteiger partial charge in [-0.2, -0.15) is 0 Å². The number of nitrogens with zero attached hydrogens (tertiary/aromatic N) is 1. The van der Waals surface area contributed by atoms with Gasteiger partial charge in [0.2, 0.25) is 0 Å². The number of aromatic nitrogens is 1. The van der Waals surface area contributed by atoms with Crippen molar-refractivity contribution < 1.29 is 9.18 Å². The summed E-state index contributed by atoms with van der Waals surface area (Å²) in [6.45, 7) is 4.15. The SMILES string of the molecule is CC(C)c1c(C=O)n(-c2ccc(F)cc2)c2ccccc12. The molecule has 3 rings (SSSR count). The lowest BCUT2D eigenvalue weighted by atomic mass is 10.00. The molecule has 0 saturated carbocycles. The van der Waals surface area contributed by atoms with Crippen molar-refractivity contribution in [2.45, 2.75) is 19.8 Å². The highest BCUT2D eigenvalue weighted by molar-refractivity contribution is 5.95. The normalized spacial score (nSPS) is 11.2. The monoisotopic (exact) mass is 281 g/mol. The third-order valence-corrected chi connectivity index (χ3v) is 3.73. The fourth-order valence-electron chi connectivity index (χ4n) is 2.88. The molecule has 1 heterocycles. The van der Waals surface area contributed by atoms with Gasteiger partial charge in [-0.1, -0.05) is 32.0 Å². The van der Waals surface area contributed by atoms with Gasteiger partial charge in [-0.3, -0.25) is 4.79 Å². The Morgan fingerprint density at radius 1 is 1.05 bits per heavy atom. The first-order valence-corrected chi connectivity index (χ1v) is 6.98. The molecule has 2 nitrogen and oxygen atoms in total. The van der Waals surface area contributed by atoms with E-state index in [2.05, 4.69) is 13.8 Å². The number of carbonyl (C=O) groups excluding carboxylic acids is 1. The summed E-state index contributed by atoms with van der Waals surface area (Å²) in [7, 11) is 0. The summed E-state index contributed by atoms with van der Waals surface area (Å²) in [4.78, 5) is 11.7. The smallest absolute Gasteiger partial charge is 0.167 e. The Labute approximate surface area is 122 Å². The van der Waals surface area contributed by atoms with Crippen LogP contribution in [0.3, 0.4) is 0 Å². The second kappa shape index (κ2) is 5.17. The Bertz CT molecular complexity index is 800. The number of para-hydroxylation sites is 1. The molecule has 106 valence electrons. The van der Waals surface area contributed by atoms with E-state index in [1.807, 2.05) is 28.8 Å². The lowest BCUT2D eigenvalue weighted by molar-refractivity contribution is 0.111. The van der Waals surface area contributed by atoms with Crippen molar-refractivity contribution in [1.29, 1.82) is 0 Å². The number of hydrogen-bond acceptors (Lipinski definition) is 1. The van der Waals surface area contributed by atoms with Crippen LogP contribution in [0.25, 0.3) is 16.6 Å². The molecule has 0 radical (unpaired) electrons. The highest BCUT2D eigenvalue weighted by atomic mass is 19.1. The van der Waals surface area contributed by atoms with Crippen LogP contribution in [0.4, 0.5) is 4.39 Å². The van der Waals surface area contributed by atoms with E-state index in [1.165, 1.54) is 12.1 Å². The minimum atomic E-state index is -0.285. The standard InChI is InChI=1S/C18H16FNO/c1-12(2)18-15-5-3-4-6-16(15)20(17(18)11-21)14-9-7-13(19)8-10-14/h3-12H,1-2H3. The van der Waals surface area contributed by atoms with Crippen molar-refractivity contribution in [3.05, 3.63) is 65.6 Å². The molecular weight excluding hydrogens is 265 g/mol. The third kappa shape index (κ3) is 2.15. The number of carbonyl (C=O) groups is 1. The lowest BCUT2D eigenvalue weighted by Crippen LogP contribution is -2.02. The summed E-state index contributed by atoms with van der Waals surface area (Å²) in [5, 5.41) is 1.07. The maximum atomic E-state index is 13.2. The van der Waals surface area contributed by atoms with Gasteiger partial charge in [0.15, 0.2) is 6.29 Å². The Morgan fingerprint density at radius 3 is 2.33 bits per heavy atom. The first-order chi connectivity index (χ1) is 10.1. The molecule has 1 aromatic heterocycles.